The fourth-order valence-corrected chi connectivity index (χ4v) is 5.21. The fraction of sp³-hybridized carbons (Fsp3) is 0.542. The third-order valence-corrected chi connectivity index (χ3v) is 8.04. The number of likely N-dealkylation sites (tertiary alicyclic amines) is 1. The predicted octanol–water partition coefficient (Wildman–Crippen LogP) is 4.06. The first-order chi connectivity index (χ1) is 17.1. The highest BCUT2D eigenvalue weighted by atomic mass is 32.2. The molecule has 3 aromatic rings. The maximum absolute atomic E-state index is 12.4. The summed E-state index contributed by atoms with van der Waals surface area (Å²) in [7, 11) is -3.31. The van der Waals surface area contributed by atoms with E-state index in [1.807, 2.05) is 27.7 Å². The summed E-state index contributed by atoms with van der Waals surface area (Å²) in [6, 6.07) is 5.15. The van der Waals surface area contributed by atoms with Crippen molar-refractivity contribution in [2.75, 3.05) is 24.2 Å². The SMILES string of the molecule is CCS(=O)(=O)c1ccc(Nc2ncnc3c2nnn3C2CCN(C(=O)OC(C)C)CC2)c(C(C)C)c1. The van der Waals surface area contributed by atoms with Gasteiger partial charge in [-0.25, -0.2) is 27.9 Å². The van der Waals surface area contributed by atoms with Crippen molar-refractivity contribution in [2.24, 2.45) is 0 Å². The molecule has 0 saturated carbocycles. The molecule has 1 amide bonds. The van der Waals surface area contributed by atoms with Crippen LogP contribution in [0.4, 0.5) is 16.3 Å². The number of hydrogen-bond acceptors (Lipinski definition) is 9. The molecule has 1 aliphatic heterocycles. The van der Waals surface area contributed by atoms with Crippen LogP contribution in [-0.2, 0) is 14.6 Å². The summed E-state index contributed by atoms with van der Waals surface area (Å²) >= 11 is 0. The van der Waals surface area contributed by atoms with E-state index in [-0.39, 0.29) is 29.9 Å². The molecule has 12 heteroatoms. The predicted molar refractivity (Wildman–Crippen MR) is 136 cm³/mol. The van der Waals surface area contributed by atoms with E-state index in [0.29, 0.717) is 47.8 Å². The van der Waals surface area contributed by atoms with Gasteiger partial charge >= 0.3 is 6.09 Å². The van der Waals surface area contributed by atoms with Crippen LogP contribution in [-0.4, -0.2) is 69.3 Å². The van der Waals surface area contributed by atoms with Crippen LogP contribution >= 0.6 is 0 Å². The Bertz CT molecular complexity index is 1350. The van der Waals surface area contributed by atoms with Crippen molar-refractivity contribution in [3.63, 3.8) is 0 Å². The normalized spacial score (nSPS) is 15.1. The molecule has 194 valence electrons. The molecule has 0 unspecified atom stereocenters. The Balaban J connectivity index is 1.57. The number of anilines is 2. The van der Waals surface area contributed by atoms with E-state index in [2.05, 4.69) is 25.6 Å². The van der Waals surface area contributed by atoms with E-state index in [0.717, 1.165) is 11.3 Å². The minimum Gasteiger partial charge on any atom is -0.447 e. The van der Waals surface area contributed by atoms with Crippen LogP contribution in [0.2, 0.25) is 0 Å². The number of carbonyl (C=O) groups is 1. The smallest absolute Gasteiger partial charge is 0.410 e. The van der Waals surface area contributed by atoms with E-state index < -0.39 is 9.84 Å². The first kappa shape index (κ1) is 25.8. The molecule has 0 aliphatic carbocycles. The molecule has 2 aromatic heterocycles. The lowest BCUT2D eigenvalue weighted by molar-refractivity contribution is 0.0654. The average molecular weight is 516 g/mol. The molecule has 11 nitrogen and oxygen atoms in total. The summed E-state index contributed by atoms with van der Waals surface area (Å²) in [4.78, 5) is 23.0. The molecule has 36 heavy (non-hydrogen) atoms. The number of carbonyl (C=O) groups excluding carboxylic acids is 1. The number of sulfone groups is 1. The minimum atomic E-state index is -3.31. The van der Waals surface area contributed by atoms with Crippen LogP contribution in [0.25, 0.3) is 11.2 Å². The molecular formula is C24H33N7O4S. The number of nitrogens with one attached hydrogen (secondary N) is 1. The second-order valence-corrected chi connectivity index (χ2v) is 11.8. The van der Waals surface area contributed by atoms with Gasteiger partial charge in [0.15, 0.2) is 26.8 Å². The number of amides is 1. The van der Waals surface area contributed by atoms with Crippen molar-refractivity contribution < 1.29 is 17.9 Å². The molecule has 1 N–H and O–H groups in total. The molecule has 1 aliphatic rings. The average Bonchev–Trinajstić information content (AvgIpc) is 3.29. The Hall–Kier alpha value is -3.28. The second kappa shape index (κ2) is 10.4. The largest absolute Gasteiger partial charge is 0.447 e. The number of hydrogen-bond donors (Lipinski definition) is 1. The fourth-order valence-electron chi connectivity index (χ4n) is 4.29. The third-order valence-electron chi connectivity index (χ3n) is 6.30. The number of aromatic nitrogens is 5. The van der Waals surface area contributed by atoms with Crippen LogP contribution in [0.5, 0.6) is 0 Å². The Morgan fingerprint density at radius 2 is 1.89 bits per heavy atom. The van der Waals surface area contributed by atoms with E-state index in [9.17, 15) is 13.2 Å². The van der Waals surface area contributed by atoms with Gasteiger partial charge < -0.3 is 15.0 Å². The van der Waals surface area contributed by atoms with Crippen molar-refractivity contribution in [3.05, 3.63) is 30.1 Å². The topological polar surface area (TPSA) is 132 Å². The number of benzene rings is 1. The monoisotopic (exact) mass is 515 g/mol. The number of piperidine rings is 1. The van der Waals surface area contributed by atoms with Gasteiger partial charge in [-0.2, -0.15) is 0 Å². The quantitative estimate of drug-likeness (QED) is 0.494. The van der Waals surface area contributed by atoms with E-state index in [4.69, 9.17) is 4.74 Å². The Morgan fingerprint density at radius 3 is 2.53 bits per heavy atom. The summed E-state index contributed by atoms with van der Waals surface area (Å²) in [6.45, 7) is 10.5. The van der Waals surface area contributed by atoms with Crippen molar-refractivity contribution in [1.82, 2.24) is 29.9 Å². The number of ether oxygens (including phenoxy) is 1. The van der Waals surface area contributed by atoms with Gasteiger partial charge in [-0.1, -0.05) is 26.0 Å². The Kier molecular flexibility index (Phi) is 7.43. The highest BCUT2D eigenvalue weighted by molar-refractivity contribution is 7.91. The number of nitrogens with zero attached hydrogens (tertiary/aromatic N) is 6. The van der Waals surface area contributed by atoms with E-state index in [1.54, 1.807) is 34.7 Å². The van der Waals surface area contributed by atoms with Crippen molar-refractivity contribution in [3.8, 4) is 0 Å². The summed E-state index contributed by atoms with van der Waals surface area (Å²) in [5, 5.41) is 12.0. The van der Waals surface area contributed by atoms with Gasteiger partial charge in [-0.3, -0.25) is 0 Å². The van der Waals surface area contributed by atoms with E-state index in [1.165, 1.54) is 6.33 Å². The molecule has 1 saturated heterocycles. The highest BCUT2D eigenvalue weighted by Gasteiger charge is 2.28. The molecule has 0 radical (unpaired) electrons. The maximum Gasteiger partial charge on any atom is 0.410 e. The first-order valence-electron chi connectivity index (χ1n) is 12.3. The Morgan fingerprint density at radius 1 is 1.17 bits per heavy atom. The van der Waals surface area contributed by atoms with Gasteiger partial charge in [0, 0.05) is 18.8 Å². The van der Waals surface area contributed by atoms with Crippen molar-refractivity contribution >= 4 is 38.6 Å². The van der Waals surface area contributed by atoms with Gasteiger partial charge in [0.25, 0.3) is 0 Å². The summed E-state index contributed by atoms with van der Waals surface area (Å²) in [5.74, 6) is 0.627. The van der Waals surface area contributed by atoms with Crippen LogP contribution in [0.3, 0.4) is 0 Å². The van der Waals surface area contributed by atoms with Gasteiger partial charge in [-0.05, 0) is 56.4 Å². The van der Waals surface area contributed by atoms with Crippen LogP contribution in [0, 0.1) is 0 Å². The van der Waals surface area contributed by atoms with Crippen molar-refractivity contribution in [1.29, 1.82) is 0 Å². The molecule has 0 spiro atoms. The van der Waals surface area contributed by atoms with Gasteiger partial charge in [0.05, 0.1) is 22.8 Å². The van der Waals surface area contributed by atoms with Crippen LogP contribution in [0.15, 0.2) is 29.4 Å². The zero-order chi connectivity index (χ0) is 26.0. The summed E-state index contributed by atoms with van der Waals surface area (Å²) in [6.07, 6.45) is 2.44. The number of rotatable bonds is 7. The molecule has 1 aromatic carbocycles. The zero-order valence-corrected chi connectivity index (χ0v) is 22.1. The summed E-state index contributed by atoms with van der Waals surface area (Å²) < 4.78 is 31.9. The Labute approximate surface area is 211 Å². The zero-order valence-electron chi connectivity index (χ0n) is 21.3. The van der Waals surface area contributed by atoms with Gasteiger partial charge in [-0.15, -0.1) is 5.10 Å². The first-order valence-corrected chi connectivity index (χ1v) is 13.9. The molecule has 0 atom stereocenters. The van der Waals surface area contributed by atoms with Gasteiger partial charge in [0.2, 0.25) is 0 Å². The maximum atomic E-state index is 12.4. The molecule has 4 rings (SSSR count). The highest BCUT2D eigenvalue weighted by Crippen LogP contribution is 2.32. The van der Waals surface area contributed by atoms with E-state index >= 15 is 0 Å². The minimum absolute atomic E-state index is 0.0464. The standard InChI is InChI=1S/C24H33N7O4S/c1-6-36(33,34)18-7-8-20(19(13-18)15(2)3)27-22-21-23(26-14-25-22)31(29-28-21)17-9-11-30(12-10-17)24(32)35-16(4)5/h7-8,13-17H,6,9-12H2,1-5H3,(H,25,26,27). The van der Waals surface area contributed by atoms with Gasteiger partial charge in [0.1, 0.15) is 6.33 Å². The molecule has 0 bridgehead atoms. The van der Waals surface area contributed by atoms with Crippen LogP contribution < -0.4 is 5.32 Å². The molecule has 3 heterocycles. The van der Waals surface area contributed by atoms with Crippen molar-refractivity contribution in [2.45, 2.75) is 70.4 Å². The lowest BCUT2D eigenvalue weighted by Gasteiger charge is -2.31. The molecule has 1 fully saturated rings. The lowest BCUT2D eigenvalue weighted by Crippen LogP contribution is -2.40. The number of fused-ring (bicyclic) bond motifs is 1. The van der Waals surface area contributed by atoms with Crippen LogP contribution in [0.1, 0.15) is 65.0 Å². The lowest BCUT2D eigenvalue weighted by atomic mass is 10.0. The second-order valence-electron chi connectivity index (χ2n) is 9.51. The molecular weight excluding hydrogens is 482 g/mol. The third kappa shape index (κ3) is 5.28. The summed E-state index contributed by atoms with van der Waals surface area (Å²) in [5.41, 5.74) is 2.75.